The van der Waals surface area contributed by atoms with E-state index in [0.717, 1.165) is 22.4 Å². The molecule has 3 heterocycles. The van der Waals surface area contributed by atoms with Crippen LogP contribution in [0.1, 0.15) is 46.5 Å². The summed E-state index contributed by atoms with van der Waals surface area (Å²) in [5, 5.41) is 4.97. The minimum absolute atomic E-state index is 0.0668. The Morgan fingerprint density at radius 3 is 1.94 bits per heavy atom. The molecule has 0 aliphatic carbocycles. The van der Waals surface area contributed by atoms with Gasteiger partial charge in [0.2, 0.25) is 5.28 Å². The Bertz CT molecular complexity index is 2820. The number of aromatic amines is 1. The van der Waals surface area contributed by atoms with Gasteiger partial charge in [-0.25, -0.2) is 19.3 Å². The molecule has 4 aromatic carbocycles. The van der Waals surface area contributed by atoms with Crippen molar-refractivity contribution in [2.45, 2.75) is 45.7 Å². The first-order valence-corrected chi connectivity index (χ1v) is 21.2. The zero-order chi connectivity index (χ0) is 47.1. The second kappa shape index (κ2) is 20.6. The van der Waals surface area contributed by atoms with E-state index in [0.29, 0.717) is 29.6 Å². The third-order valence-electron chi connectivity index (χ3n) is 10.6. The van der Waals surface area contributed by atoms with Gasteiger partial charge < -0.3 is 34.5 Å². The van der Waals surface area contributed by atoms with Gasteiger partial charge in [0.15, 0.2) is 11.6 Å². The molecule has 3 N–H and O–H groups in total. The van der Waals surface area contributed by atoms with Crippen molar-refractivity contribution in [3.8, 4) is 34.3 Å². The maximum absolute atomic E-state index is 17.1. The number of aryl methyl sites for hydroxylation is 1. The average Bonchev–Trinajstić information content (AvgIpc) is 3.30. The minimum Gasteiger partial charge on any atom is -0.497 e. The first-order chi connectivity index (χ1) is 31.7. The van der Waals surface area contributed by atoms with Gasteiger partial charge in [0.1, 0.15) is 46.4 Å². The van der Waals surface area contributed by atoms with Gasteiger partial charge in [-0.05, 0) is 90.2 Å². The van der Waals surface area contributed by atoms with E-state index in [1.54, 1.807) is 48.7 Å². The van der Waals surface area contributed by atoms with Gasteiger partial charge in [-0.3, -0.25) is 14.8 Å². The summed E-state index contributed by atoms with van der Waals surface area (Å²) in [6.07, 6.45) is -1.94. The maximum atomic E-state index is 17.1. The molecule has 0 aliphatic rings. The second-order valence-electron chi connectivity index (χ2n) is 15.0. The van der Waals surface area contributed by atoms with Gasteiger partial charge in [0.05, 0.1) is 54.9 Å². The number of ether oxygens (including phenoxy) is 4. The molecule has 0 aliphatic heterocycles. The summed E-state index contributed by atoms with van der Waals surface area (Å²) in [6, 6.07) is 22.7. The Kier molecular flexibility index (Phi) is 14.8. The van der Waals surface area contributed by atoms with Crippen LogP contribution in [-0.2, 0) is 25.8 Å². The van der Waals surface area contributed by atoms with Crippen LogP contribution in [0.15, 0.2) is 96.1 Å². The number of benzene rings is 4. The molecular formula is C47H44Cl2F4N8O5. The normalized spacial score (nSPS) is 11.9. The smallest absolute Gasteiger partial charge is 0.418 e. The predicted molar refractivity (Wildman–Crippen MR) is 245 cm³/mol. The Balaban J connectivity index is 1.24. The molecule has 0 unspecified atom stereocenters. The van der Waals surface area contributed by atoms with E-state index < -0.39 is 67.4 Å². The molecular weight excluding hydrogens is 903 g/mol. The molecule has 0 amide bonds. The molecule has 66 heavy (non-hydrogen) atoms. The van der Waals surface area contributed by atoms with Crippen molar-refractivity contribution in [1.82, 2.24) is 30.2 Å². The fourth-order valence-electron chi connectivity index (χ4n) is 7.33. The highest BCUT2D eigenvalue weighted by molar-refractivity contribution is 6.36. The van der Waals surface area contributed by atoms with Gasteiger partial charge in [-0.1, -0.05) is 48.0 Å². The van der Waals surface area contributed by atoms with Crippen molar-refractivity contribution in [1.29, 1.82) is 0 Å². The monoisotopic (exact) mass is 946 g/mol. The molecule has 0 bridgehead atoms. The van der Waals surface area contributed by atoms with Crippen LogP contribution in [0.25, 0.3) is 22.2 Å². The zero-order valence-electron chi connectivity index (χ0n) is 36.3. The maximum Gasteiger partial charge on any atom is 0.418 e. The average molecular weight is 948 g/mol. The van der Waals surface area contributed by atoms with Crippen molar-refractivity contribution in [3.05, 3.63) is 151 Å². The number of H-pyrrole nitrogens is 1. The molecule has 0 fully saturated rings. The van der Waals surface area contributed by atoms with E-state index in [1.165, 1.54) is 27.2 Å². The number of fused-ring (bicyclic) bond motifs is 1. The molecule has 0 spiro atoms. The minimum atomic E-state index is -5.05. The summed E-state index contributed by atoms with van der Waals surface area (Å²) in [5.41, 5.74) is -1.63. The largest absolute Gasteiger partial charge is 0.497 e. The quantitative estimate of drug-likeness (QED) is 0.0427. The molecule has 1 atom stereocenters. The van der Waals surface area contributed by atoms with E-state index in [4.69, 9.17) is 42.1 Å². The van der Waals surface area contributed by atoms with E-state index in [9.17, 15) is 4.79 Å². The van der Waals surface area contributed by atoms with E-state index in [2.05, 4.69) is 35.6 Å². The molecule has 19 heteroatoms. The highest BCUT2D eigenvalue weighted by Gasteiger charge is 2.40. The standard InChI is InChI=1S/C47H44Cl2F4N8O5/c1-26-22-34(61(24-29-8-14-32(64-4)15-9-29)25-30-10-16-33(65-5)17-11-30)58-41(37(26)47(51,52)53)35-38(48)43(36-42(39(35)50)59-46(49)60-45(36)62)66-21-20-54-27(2)40-44(56-19-18-55-40)57-23-28-6-12-31(63-3)13-7-28/h6-19,22,27,54H,20-21,23-25H2,1-5H3,(H,56,57)(H,59,60,62)/t27-/m1/s1. The number of nitrogens with zero attached hydrogens (tertiary/aromatic N) is 5. The van der Waals surface area contributed by atoms with Gasteiger partial charge >= 0.3 is 6.18 Å². The number of hydrogen-bond acceptors (Lipinski definition) is 12. The van der Waals surface area contributed by atoms with Crippen LogP contribution in [0.5, 0.6) is 23.0 Å². The van der Waals surface area contributed by atoms with Crippen molar-refractivity contribution >= 4 is 45.7 Å². The summed E-state index contributed by atoms with van der Waals surface area (Å²) >= 11 is 13.1. The lowest BCUT2D eigenvalue weighted by Gasteiger charge is -2.27. The number of hydrogen-bond donors (Lipinski definition) is 3. The highest BCUT2D eigenvalue weighted by atomic mass is 35.5. The second-order valence-corrected chi connectivity index (χ2v) is 15.7. The van der Waals surface area contributed by atoms with Crippen LogP contribution in [0.3, 0.4) is 0 Å². The fraction of sp³-hybridized carbons (Fsp3) is 0.255. The van der Waals surface area contributed by atoms with E-state index in [-0.39, 0.29) is 37.6 Å². The predicted octanol–water partition coefficient (Wildman–Crippen LogP) is 10.1. The van der Waals surface area contributed by atoms with Crippen molar-refractivity contribution < 1.29 is 36.5 Å². The van der Waals surface area contributed by atoms with Crippen LogP contribution in [0.4, 0.5) is 29.2 Å². The first kappa shape index (κ1) is 47.3. The Morgan fingerprint density at radius 1 is 0.818 bits per heavy atom. The molecule has 7 rings (SSSR count). The topological polar surface area (TPSA) is 149 Å². The Morgan fingerprint density at radius 2 is 1.38 bits per heavy atom. The molecule has 13 nitrogen and oxygen atoms in total. The van der Waals surface area contributed by atoms with Crippen LogP contribution >= 0.6 is 23.2 Å². The van der Waals surface area contributed by atoms with E-state index >= 15 is 17.6 Å². The molecule has 3 aromatic heterocycles. The van der Waals surface area contributed by atoms with Crippen LogP contribution in [0, 0.1) is 12.7 Å². The van der Waals surface area contributed by atoms with Crippen LogP contribution in [0.2, 0.25) is 10.3 Å². The summed E-state index contributed by atoms with van der Waals surface area (Å²) < 4.78 is 84.7. The summed E-state index contributed by atoms with van der Waals surface area (Å²) in [6.45, 7) is 3.80. The lowest BCUT2D eigenvalue weighted by molar-refractivity contribution is -0.137. The summed E-state index contributed by atoms with van der Waals surface area (Å²) in [5.74, 6) is 0.761. The lowest BCUT2D eigenvalue weighted by Crippen LogP contribution is -2.26. The molecule has 344 valence electrons. The third kappa shape index (κ3) is 10.7. The number of nitrogens with one attached hydrogen (secondary N) is 3. The Labute approximate surface area is 387 Å². The van der Waals surface area contributed by atoms with Crippen molar-refractivity contribution in [3.63, 3.8) is 0 Å². The molecule has 7 aromatic rings. The zero-order valence-corrected chi connectivity index (χ0v) is 37.8. The Hall–Kier alpha value is -6.69. The van der Waals surface area contributed by atoms with Crippen molar-refractivity contribution in [2.75, 3.05) is 44.7 Å². The SMILES string of the molecule is COc1ccc(CNc2nccnc2[C@@H](C)NCCOc2c(Cl)c(-c3nc(N(Cc4ccc(OC)cc4)Cc4ccc(OC)cc4)cc(C)c3C(F)(F)F)c(F)c3nc(Cl)[nH]c(=O)c23)cc1. The number of methoxy groups -OCH3 is 3. The molecule has 0 saturated carbocycles. The number of alkyl halides is 3. The third-order valence-corrected chi connectivity index (χ3v) is 11.2. The first-order valence-electron chi connectivity index (χ1n) is 20.4. The lowest BCUT2D eigenvalue weighted by atomic mass is 9.98. The number of anilines is 2. The van der Waals surface area contributed by atoms with Crippen LogP contribution in [-0.4, -0.2) is 59.4 Å². The number of aromatic nitrogens is 5. The fourth-order valence-corrected chi connectivity index (χ4v) is 7.82. The van der Waals surface area contributed by atoms with Gasteiger partial charge in [-0.2, -0.15) is 13.2 Å². The van der Waals surface area contributed by atoms with Gasteiger partial charge in [0, 0.05) is 38.6 Å². The number of rotatable bonds is 18. The van der Waals surface area contributed by atoms with Crippen LogP contribution < -0.4 is 40.0 Å². The van der Waals surface area contributed by atoms with Gasteiger partial charge in [-0.15, -0.1) is 0 Å². The van der Waals surface area contributed by atoms with E-state index in [1.807, 2.05) is 55.5 Å². The summed E-state index contributed by atoms with van der Waals surface area (Å²) in [4.78, 5) is 35.0. The summed E-state index contributed by atoms with van der Waals surface area (Å²) in [7, 11) is 4.66. The number of halogens is 6. The number of pyridine rings is 1. The highest BCUT2D eigenvalue weighted by Crippen LogP contribution is 2.47. The van der Waals surface area contributed by atoms with Crippen molar-refractivity contribution in [2.24, 2.45) is 0 Å². The molecule has 0 radical (unpaired) electrons. The van der Waals surface area contributed by atoms with Gasteiger partial charge in [0.25, 0.3) is 5.56 Å². The molecule has 0 saturated heterocycles.